The average molecular weight is 455 g/mol. The molecular formula is C25H26N8O. The minimum absolute atomic E-state index is 0.222. The van der Waals surface area contributed by atoms with Crippen molar-refractivity contribution in [1.82, 2.24) is 29.6 Å². The molecule has 1 saturated heterocycles. The Bertz CT molecular complexity index is 1340. The van der Waals surface area contributed by atoms with Gasteiger partial charge in [0.1, 0.15) is 11.6 Å². The number of hydrogen-bond donors (Lipinski definition) is 1. The second-order valence-electron chi connectivity index (χ2n) is 8.97. The zero-order chi connectivity index (χ0) is 23.1. The van der Waals surface area contributed by atoms with Gasteiger partial charge in [0.2, 0.25) is 0 Å². The molecule has 9 heteroatoms. The Kier molecular flexibility index (Phi) is 5.18. The summed E-state index contributed by atoms with van der Waals surface area (Å²) in [6, 6.07) is 8.14. The Morgan fingerprint density at radius 3 is 2.56 bits per heavy atom. The van der Waals surface area contributed by atoms with E-state index in [2.05, 4.69) is 36.2 Å². The molecule has 0 atom stereocenters. The number of anilines is 2. The number of aryl methyl sites for hydroxylation is 1. The number of nitrogens with zero attached hydrogens (tertiary/aromatic N) is 7. The lowest BCUT2D eigenvalue weighted by atomic mass is 10.1. The molecule has 0 aromatic carbocycles. The lowest BCUT2D eigenvalue weighted by Crippen LogP contribution is -2.47. The summed E-state index contributed by atoms with van der Waals surface area (Å²) >= 11 is 0. The Balaban J connectivity index is 1.34. The van der Waals surface area contributed by atoms with Gasteiger partial charge in [0, 0.05) is 79.9 Å². The number of fused-ring (bicyclic) bond motifs is 1. The van der Waals surface area contributed by atoms with Crippen molar-refractivity contribution in [2.24, 2.45) is 7.05 Å². The topological polar surface area (TPSA) is 92.1 Å². The second kappa shape index (κ2) is 8.49. The summed E-state index contributed by atoms with van der Waals surface area (Å²) in [4.78, 5) is 31.0. The Morgan fingerprint density at radius 2 is 1.85 bits per heavy atom. The quantitative estimate of drug-likeness (QED) is 0.496. The van der Waals surface area contributed by atoms with Crippen LogP contribution < -0.4 is 10.2 Å². The average Bonchev–Trinajstić information content (AvgIpc) is 3.64. The molecule has 0 bridgehead atoms. The zero-order valence-corrected chi connectivity index (χ0v) is 19.1. The van der Waals surface area contributed by atoms with Crippen LogP contribution in [0.25, 0.3) is 22.0 Å². The van der Waals surface area contributed by atoms with Crippen LogP contribution in [0.5, 0.6) is 0 Å². The van der Waals surface area contributed by atoms with Gasteiger partial charge in [-0.3, -0.25) is 19.4 Å². The van der Waals surface area contributed by atoms with Gasteiger partial charge in [0.05, 0.1) is 17.9 Å². The molecule has 0 unspecified atom stereocenters. The summed E-state index contributed by atoms with van der Waals surface area (Å²) in [5, 5.41) is 8.17. The third kappa shape index (κ3) is 4.10. The second-order valence-corrected chi connectivity index (χ2v) is 8.97. The van der Waals surface area contributed by atoms with E-state index in [1.165, 1.54) is 12.8 Å². The van der Waals surface area contributed by atoms with E-state index >= 15 is 0 Å². The first-order valence-electron chi connectivity index (χ1n) is 11.6. The van der Waals surface area contributed by atoms with Crippen LogP contribution in [0.2, 0.25) is 0 Å². The van der Waals surface area contributed by atoms with Gasteiger partial charge in [0.15, 0.2) is 0 Å². The number of pyridine rings is 3. The van der Waals surface area contributed by atoms with Crippen LogP contribution in [0, 0.1) is 0 Å². The van der Waals surface area contributed by atoms with E-state index in [0.717, 1.165) is 60.1 Å². The lowest BCUT2D eigenvalue weighted by molar-refractivity contribution is 0.102. The van der Waals surface area contributed by atoms with E-state index in [0.29, 0.717) is 11.4 Å². The minimum atomic E-state index is -0.222. The molecule has 9 nitrogen and oxygen atoms in total. The lowest BCUT2D eigenvalue weighted by Gasteiger charge is -2.36. The number of amides is 1. The molecule has 5 heterocycles. The van der Waals surface area contributed by atoms with Crippen molar-refractivity contribution >= 4 is 28.4 Å². The van der Waals surface area contributed by atoms with Gasteiger partial charge >= 0.3 is 0 Å². The first-order valence-corrected chi connectivity index (χ1v) is 11.6. The van der Waals surface area contributed by atoms with Gasteiger partial charge in [-0.1, -0.05) is 0 Å². The maximum absolute atomic E-state index is 12.6. The number of piperazine rings is 1. The van der Waals surface area contributed by atoms with Crippen LogP contribution in [0.4, 0.5) is 11.6 Å². The monoisotopic (exact) mass is 454 g/mol. The molecule has 4 aromatic rings. The largest absolute Gasteiger partial charge is 0.354 e. The van der Waals surface area contributed by atoms with Crippen LogP contribution in [0.15, 0.2) is 55.2 Å². The van der Waals surface area contributed by atoms with Crippen molar-refractivity contribution in [3.8, 4) is 11.1 Å². The highest BCUT2D eigenvalue weighted by atomic mass is 16.1. The van der Waals surface area contributed by atoms with Crippen LogP contribution in [-0.4, -0.2) is 67.8 Å². The van der Waals surface area contributed by atoms with Crippen LogP contribution in [0.1, 0.15) is 23.2 Å². The predicted octanol–water partition coefficient (Wildman–Crippen LogP) is 2.96. The molecule has 0 radical (unpaired) electrons. The number of aromatic nitrogens is 5. The number of nitrogens with one attached hydrogen (secondary N) is 1. The maximum atomic E-state index is 12.6. The fraction of sp³-hybridized carbons (Fsp3) is 0.320. The number of rotatable bonds is 5. The van der Waals surface area contributed by atoms with Crippen molar-refractivity contribution in [1.29, 1.82) is 0 Å². The van der Waals surface area contributed by atoms with E-state index in [-0.39, 0.29) is 5.91 Å². The van der Waals surface area contributed by atoms with E-state index in [1.54, 1.807) is 35.4 Å². The van der Waals surface area contributed by atoms with E-state index in [9.17, 15) is 4.79 Å². The van der Waals surface area contributed by atoms with Gasteiger partial charge in [-0.05, 0) is 37.1 Å². The highest BCUT2D eigenvalue weighted by molar-refractivity contribution is 6.04. The summed E-state index contributed by atoms with van der Waals surface area (Å²) in [6.07, 6.45) is 11.5. The third-order valence-electron chi connectivity index (χ3n) is 6.56. The fourth-order valence-corrected chi connectivity index (χ4v) is 4.58. The number of carbonyl (C=O) groups excluding carboxylic acids is 1. The summed E-state index contributed by atoms with van der Waals surface area (Å²) in [5.74, 6) is 1.23. The molecule has 2 aliphatic rings. The molecule has 6 rings (SSSR count). The summed E-state index contributed by atoms with van der Waals surface area (Å²) in [6.45, 7) is 4.04. The first-order chi connectivity index (χ1) is 16.6. The Morgan fingerprint density at radius 1 is 1.06 bits per heavy atom. The summed E-state index contributed by atoms with van der Waals surface area (Å²) < 4.78 is 1.81. The zero-order valence-electron chi connectivity index (χ0n) is 19.1. The van der Waals surface area contributed by atoms with Gasteiger partial charge in [-0.2, -0.15) is 5.10 Å². The van der Waals surface area contributed by atoms with Crippen LogP contribution in [0.3, 0.4) is 0 Å². The molecule has 34 heavy (non-hydrogen) atoms. The molecule has 1 N–H and O–H groups in total. The predicted molar refractivity (Wildman–Crippen MR) is 131 cm³/mol. The fourth-order valence-electron chi connectivity index (χ4n) is 4.58. The smallest absolute Gasteiger partial charge is 0.256 e. The van der Waals surface area contributed by atoms with Gasteiger partial charge < -0.3 is 10.2 Å². The molecule has 4 aromatic heterocycles. The summed E-state index contributed by atoms with van der Waals surface area (Å²) in [7, 11) is 1.92. The molecular weight excluding hydrogens is 428 g/mol. The van der Waals surface area contributed by atoms with Crippen molar-refractivity contribution in [3.63, 3.8) is 0 Å². The van der Waals surface area contributed by atoms with Crippen LogP contribution >= 0.6 is 0 Å². The molecule has 1 aliphatic carbocycles. The van der Waals surface area contributed by atoms with Crippen molar-refractivity contribution < 1.29 is 4.79 Å². The molecule has 1 amide bonds. The highest BCUT2D eigenvalue weighted by Gasteiger charge is 2.32. The number of carbonyl (C=O) groups is 1. The van der Waals surface area contributed by atoms with Gasteiger partial charge in [-0.25, -0.2) is 9.97 Å². The Labute approximate surface area is 197 Å². The highest BCUT2D eigenvalue weighted by Crippen LogP contribution is 2.34. The standard InChI is InChI=1S/C25H26N8O/c1-31-16-19(14-28-31)21-12-18-13-23(30-25(34)17-4-6-26-7-5-17)27-15-22(18)29-24(21)33-10-8-32(9-11-33)20-2-3-20/h4-7,12-16,20H,2-3,8-11H2,1H3,(H,27,30,34). The van der Waals surface area contributed by atoms with E-state index in [4.69, 9.17) is 4.98 Å². The van der Waals surface area contributed by atoms with Gasteiger partial charge in [0.25, 0.3) is 5.91 Å². The number of hydrogen-bond acceptors (Lipinski definition) is 7. The van der Waals surface area contributed by atoms with Crippen molar-refractivity contribution in [3.05, 3.63) is 60.8 Å². The van der Waals surface area contributed by atoms with Crippen molar-refractivity contribution in [2.45, 2.75) is 18.9 Å². The molecule has 1 saturated carbocycles. The SMILES string of the molecule is Cn1cc(-c2cc3cc(NC(=O)c4ccncc4)ncc3nc2N2CCN(C3CC3)CC2)cn1. The Hall–Kier alpha value is -3.85. The normalized spacial score (nSPS) is 16.7. The van der Waals surface area contributed by atoms with Gasteiger partial charge in [-0.15, -0.1) is 0 Å². The maximum Gasteiger partial charge on any atom is 0.256 e. The first kappa shape index (κ1) is 20.7. The summed E-state index contributed by atoms with van der Waals surface area (Å²) in [5.41, 5.74) is 3.40. The van der Waals surface area contributed by atoms with E-state index < -0.39 is 0 Å². The minimum Gasteiger partial charge on any atom is -0.354 e. The van der Waals surface area contributed by atoms with Crippen molar-refractivity contribution in [2.75, 3.05) is 36.4 Å². The van der Waals surface area contributed by atoms with Crippen LogP contribution in [-0.2, 0) is 7.05 Å². The van der Waals surface area contributed by atoms with E-state index in [1.807, 2.05) is 25.5 Å². The molecule has 0 spiro atoms. The molecule has 1 aliphatic heterocycles. The molecule has 172 valence electrons. The molecule has 2 fully saturated rings. The third-order valence-corrected chi connectivity index (χ3v) is 6.56.